The Morgan fingerprint density at radius 3 is 2.35 bits per heavy atom. The Morgan fingerprint density at radius 1 is 1.04 bits per heavy atom. The van der Waals surface area contributed by atoms with Gasteiger partial charge in [0.1, 0.15) is 11.8 Å². The fourth-order valence-corrected chi connectivity index (χ4v) is 4.74. The number of hydrogen-bond donors (Lipinski definition) is 0. The zero-order valence-electron chi connectivity index (χ0n) is 15.1. The second-order valence-corrected chi connectivity index (χ2v) is 8.37. The molecule has 0 aliphatic carbocycles. The Hall–Kier alpha value is -2.50. The van der Waals surface area contributed by atoms with Gasteiger partial charge in [0.25, 0.3) is 0 Å². The van der Waals surface area contributed by atoms with Crippen molar-refractivity contribution in [2.45, 2.75) is 25.7 Å². The summed E-state index contributed by atoms with van der Waals surface area (Å²) in [6, 6.07) is 9.04. The van der Waals surface area contributed by atoms with Gasteiger partial charge >= 0.3 is 0 Å². The van der Waals surface area contributed by atoms with Crippen molar-refractivity contribution >= 4 is 16.0 Å². The van der Waals surface area contributed by atoms with Crippen molar-refractivity contribution in [3.63, 3.8) is 0 Å². The Balaban J connectivity index is 1.78. The van der Waals surface area contributed by atoms with Crippen LogP contribution in [0.1, 0.15) is 22.5 Å². The third kappa shape index (κ3) is 3.54. The first-order valence-corrected chi connectivity index (χ1v) is 9.83. The van der Waals surface area contributed by atoms with Gasteiger partial charge in [0.2, 0.25) is 16.0 Å². The lowest BCUT2D eigenvalue weighted by Crippen LogP contribution is -2.49. The van der Waals surface area contributed by atoms with E-state index in [1.807, 2.05) is 43.9 Å². The molecule has 0 N–H and O–H groups in total. The van der Waals surface area contributed by atoms with Crippen molar-refractivity contribution in [3.8, 4) is 6.07 Å². The lowest BCUT2D eigenvalue weighted by molar-refractivity contribution is 0.382. The summed E-state index contributed by atoms with van der Waals surface area (Å²) in [4.78, 5) is 10.9. The van der Waals surface area contributed by atoms with Crippen molar-refractivity contribution in [2.24, 2.45) is 0 Å². The Morgan fingerprint density at radius 2 is 1.73 bits per heavy atom. The first kappa shape index (κ1) is 18.3. The van der Waals surface area contributed by atoms with Crippen molar-refractivity contribution in [2.75, 3.05) is 31.1 Å². The highest BCUT2D eigenvalue weighted by molar-refractivity contribution is 7.89. The number of nitrogens with zero attached hydrogens (tertiary/aromatic N) is 5. The van der Waals surface area contributed by atoms with E-state index in [0.29, 0.717) is 42.7 Å². The number of piperazine rings is 1. The minimum absolute atomic E-state index is 0.317. The topological polar surface area (TPSA) is 90.2 Å². The molecule has 1 aromatic carbocycles. The minimum Gasteiger partial charge on any atom is -0.338 e. The van der Waals surface area contributed by atoms with Gasteiger partial charge in [0.05, 0.1) is 4.90 Å². The molecule has 0 radical (unpaired) electrons. The molecule has 1 aromatic heterocycles. The third-order valence-corrected chi connectivity index (χ3v) is 6.49. The average molecular weight is 371 g/mol. The molecule has 0 atom stereocenters. The molecule has 1 fully saturated rings. The van der Waals surface area contributed by atoms with Crippen molar-refractivity contribution in [1.29, 1.82) is 5.26 Å². The first-order valence-electron chi connectivity index (χ1n) is 8.39. The predicted octanol–water partition coefficient (Wildman–Crippen LogP) is 1.78. The number of benzene rings is 1. The van der Waals surface area contributed by atoms with Gasteiger partial charge in [0.15, 0.2) is 0 Å². The fraction of sp³-hybridized carbons (Fsp3) is 0.389. The summed E-state index contributed by atoms with van der Waals surface area (Å²) in [7, 11) is -3.52. The molecule has 1 saturated heterocycles. The Labute approximate surface area is 154 Å². The molecule has 2 heterocycles. The summed E-state index contributed by atoms with van der Waals surface area (Å²) in [6.45, 7) is 7.26. The molecule has 0 saturated carbocycles. The maximum absolute atomic E-state index is 13.0. The van der Waals surface area contributed by atoms with Crippen LogP contribution in [-0.4, -0.2) is 48.9 Å². The molecule has 3 rings (SSSR count). The highest BCUT2D eigenvalue weighted by atomic mass is 32.2. The molecule has 26 heavy (non-hydrogen) atoms. The van der Waals surface area contributed by atoms with Gasteiger partial charge in [-0.1, -0.05) is 17.7 Å². The number of aryl methyl sites for hydroxylation is 3. The quantitative estimate of drug-likeness (QED) is 0.817. The van der Waals surface area contributed by atoms with E-state index in [2.05, 4.69) is 9.97 Å². The molecule has 0 amide bonds. The van der Waals surface area contributed by atoms with E-state index in [1.54, 1.807) is 12.1 Å². The number of nitriles is 1. The second-order valence-electron chi connectivity index (χ2n) is 6.47. The molecule has 2 aromatic rings. The Kier molecular flexibility index (Phi) is 4.94. The smallest absolute Gasteiger partial charge is 0.243 e. The van der Waals surface area contributed by atoms with Crippen molar-refractivity contribution < 1.29 is 8.42 Å². The summed E-state index contributed by atoms with van der Waals surface area (Å²) in [5, 5.41) is 9.06. The first-order chi connectivity index (χ1) is 12.3. The maximum Gasteiger partial charge on any atom is 0.243 e. The molecule has 1 aliphatic heterocycles. The third-order valence-electron chi connectivity index (χ3n) is 4.43. The van der Waals surface area contributed by atoms with Crippen LogP contribution in [0.2, 0.25) is 0 Å². The predicted molar refractivity (Wildman–Crippen MR) is 98.4 cm³/mol. The lowest BCUT2D eigenvalue weighted by Gasteiger charge is -2.34. The summed E-state index contributed by atoms with van der Waals surface area (Å²) in [5.41, 5.74) is 2.83. The number of hydrogen-bond acceptors (Lipinski definition) is 6. The van der Waals surface area contributed by atoms with Gasteiger partial charge in [-0.05, 0) is 38.5 Å². The van der Waals surface area contributed by atoms with Gasteiger partial charge in [-0.25, -0.2) is 18.4 Å². The number of aromatic nitrogens is 2. The van der Waals surface area contributed by atoms with E-state index >= 15 is 0 Å². The van der Waals surface area contributed by atoms with Crippen molar-refractivity contribution in [1.82, 2.24) is 14.3 Å². The van der Waals surface area contributed by atoms with Gasteiger partial charge in [0, 0.05) is 31.9 Å². The van der Waals surface area contributed by atoms with Crippen LogP contribution in [0.4, 0.5) is 5.95 Å². The van der Waals surface area contributed by atoms with Crippen LogP contribution in [0.15, 0.2) is 29.2 Å². The summed E-state index contributed by atoms with van der Waals surface area (Å²) < 4.78 is 27.4. The van der Waals surface area contributed by atoms with Gasteiger partial charge in [-0.3, -0.25) is 0 Å². The fourth-order valence-electron chi connectivity index (χ4n) is 3.11. The van der Waals surface area contributed by atoms with Gasteiger partial charge in [-0.2, -0.15) is 9.57 Å². The van der Waals surface area contributed by atoms with Crippen LogP contribution in [0.3, 0.4) is 0 Å². The van der Waals surface area contributed by atoms with E-state index < -0.39 is 10.0 Å². The maximum atomic E-state index is 13.0. The molecule has 7 nitrogen and oxygen atoms in total. The van der Waals surface area contributed by atoms with Crippen LogP contribution >= 0.6 is 0 Å². The van der Waals surface area contributed by atoms with E-state index in [4.69, 9.17) is 5.26 Å². The molecular weight excluding hydrogens is 350 g/mol. The van der Waals surface area contributed by atoms with Crippen LogP contribution in [0.5, 0.6) is 0 Å². The molecule has 0 unspecified atom stereocenters. The summed E-state index contributed by atoms with van der Waals surface area (Å²) in [6.07, 6.45) is 0. The van der Waals surface area contributed by atoms with E-state index in [1.165, 1.54) is 4.31 Å². The molecule has 0 spiro atoms. The zero-order valence-corrected chi connectivity index (χ0v) is 15.9. The molecule has 0 bridgehead atoms. The summed E-state index contributed by atoms with van der Waals surface area (Å²) >= 11 is 0. The van der Waals surface area contributed by atoms with Crippen LogP contribution < -0.4 is 4.90 Å². The molecule has 1 aliphatic rings. The SMILES string of the molecule is Cc1ccc(S(=O)(=O)N2CCN(c3nc(C)cc(C#N)n3)CC2)c(C)c1. The van der Waals surface area contributed by atoms with Crippen molar-refractivity contribution in [3.05, 3.63) is 46.8 Å². The summed E-state index contributed by atoms with van der Waals surface area (Å²) in [5.74, 6) is 0.477. The van der Waals surface area contributed by atoms with E-state index in [-0.39, 0.29) is 0 Å². The highest BCUT2D eigenvalue weighted by Gasteiger charge is 2.30. The van der Waals surface area contributed by atoms with Crippen LogP contribution in [0.25, 0.3) is 0 Å². The average Bonchev–Trinajstić information content (AvgIpc) is 2.61. The van der Waals surface area contributed by atoms with E-state index in [9.17, 15) is 8.42 Å². The minimum atomic E-state index is -3.52. The van der Waals surface area contributed by atoms with Gasteiger partial charge < -0.3 is 4.90 Å². The highest BCUT2D eigenvalue weighted by Crippen LogP contribution is 2.23. The van der Waals surface area contributed by atoms with Gasteiger partial charge in [-0.15, -0.1) is 0 Å². The normalized spacial score (nSPS) is 15.7. The number of anilines is 1. The zero-order chi connectivity index (χ0) is 18.9. The Bertz CT molecular complexity index is 974. The monoisotopic (exact) mass is 371 g/mol. The molecular formula is C18H21N5O2S. The lowest BCUT2D eigenvalue weighted by atomic mass is 10.2. The largest absolute Gasteiger partial charge is 0.338 e. The number of sulfonamides is 1. The molecule has 8 heteroatoms. The standard InChI is InChI=1S/C18H21N5O2S/c1-13-4-5-17(14(2)10-13)26(24,25)23-8-6-22(7-9-23)18-20-15(3)11-16(12-19)21-18/h4-5,10-11H,6-9H2,1-3H3. The van der Waals surface area contributed by atoms with Crippen LogP contribution in [-0.2, 0) is 10.0 Å². The van der Waals surface area contributed by atoms with E-state index in [0.717, 1.165) is 16.8 Å². The number of rotatable bonds is 3. The van der Waals surface area contributed by atoms with Crippen LogP contribution in [0, 0.1) is 32.1 Å². The second kappa shape index (κ2) is 7.02. The molecule has 136 valence electrons.